The average Bonchev–Trinajstić information content (AvgIpc) is 2.20. The van der Waals surface area contributed by atoms with Crippen molar-refractivity contribution in [3.8, 4) is 0 Å². The first-order valence-corrected chi connectivity index (χ1v) is 7.34. The Labute approximate surface area is 108 Å². The lowest BCUT2D eigenvalue weighted by Gasteiger charge is -2.24. The van der Waals surface area contributed by atoms with Crippen molar-refractivity contribution < 1.29 is 8.42 Å². The van der Waals surface area contributed by atoms with E-state index in [2.05, 4.69) is 4.72 Å². The van der Waals surface area contributed by atoms with Crippen LogP contribution < -0.4 is 4.72 Å². The summed E-state index contributed by atoms with van der Waals surface area (Å²) in [6, 6.07) is 4.75. The van der Waals surface area contributed by atoms with E-state index in [1.807, 2.05) is 27.7 Å². The molecule has 1 N–H and O–H groups in total. The van der Waals surface area contributed by atoms with Crippen LogP contribution in [-0.2, 0) is 10.0 Å². The highest BCUT2D eigenvalue weighted by Gasteiger charge is 2.24. The number of aryl methyl sites for hydroxylation is 1. The third-order valence-corrected chi connectivity index (χ3v) is 4.85. The maximum absolute atomic E-state index is 12.1. The standard InChI is InChI=1S/C12H18ClNO2S/c1-5-12(3,4)14-17(15,16)10-7-6-9(2)11(13)8-10/h6-8,14H,5H2,1-4H3. The highest BCUT2D eigenvalue weighted by atomic mass is 35.5. The van der Waals surface area contributed by atoms with Gasteiger partial charge in [0.05, 0.1) is 4.90 Å². The Morgan fingerprint density at radius 2 is 1.94 bits per heavy atom. The Hall–Kier alpha value is -0.580. The molecule has 17 heavy (non-hydrogen) atoms. The van der Waals surface area contributed by atoms with E-state index >= 15 is 0 Å². The molecular weight excluding hydrogens is 258 g/mol. The van der Waals surface area contributed by atoms with Gasteiger partial charge in [-0.3, -0.25) is 0 Å². The van der Waals surface area contributed by atoms with Crippen LogP contribution >= 0.6 is 11.6 Å². The van der Waals surface area contributed by atoms with Crippen LogP contribution in [0.2, 0.25) is 5.02 Å². The molecule has 0 aliphatic heterocycles. The van der Waals surface area contributed by atoms with E-state index in [-0.39, 0.29) is 4.90 Å². The molecule has 0 aliphatic carbocycles. The number of sulfonamides is 1. The second kappa shape index (κ2) is 4.96. The average molecular weight is 276 g/mol. The summed E-state index contributed by atoms with van der Waals surface area (Å²) in [5, 5.41) is 0.460. The van der Waals surface area contributed by atoms with E-state index < -0.39 is 15.6 Å². The topological polar surface area (TPSA) is 46.2 Å². The van der Waals surface area contributed by atoms with Gasteiger partial charge in [0.25, 0.3) is 0 Å². The molecule has 0 unspecified atom stereocenters. The third-order valence-electron chi connectivity index (χ3n) is 2.75. The zero-order chi connectivity index (χ0) is 13.3. The molecule has 5 heteroatoms. The second-order valence-electron chi connectivity index (χ2n) is 4.75. The molecule has 0 heterocycles. The molecule has 0 saturated heterocycles. The zero-order valence-corrected chi connectivity index (χ0v) is 12.1. The molecule has 0 spiro atoms. The van der Waals surface area contributed by atoms with E-state index in [0.717, 1.165) is 5.56 Å². The first-order chi connectivity index (χ1) is 7.68. The summed E-state index contributed by atoms with van der Waals surface area (Å²) < 4.78 is 26.9. The first-order valence-electron chi connectivity index (χ1n) is 5.48. The normalized spacial score (nSPS) is 12.8. The van der Waals surface area contributed by atoms with E-state index in [0.29, 0.717) is 11.4 Å². The maximum atomic E-state index is 12.1. The molecule has 0 fully saturated rings. The van der Waals surface area contributed by atoms with E-state index in [9.17, 15) is 8.42 Å². The van der Waals surface area contributed by atoms with Crippen LogP contribution in [0.25, 0.3) is 0 Å². The van der Waals surface area contributed by atoms with Gasteiger partial charge >= 0.3 is 0 Å². The maximum Gasteiger partial charge on any atom is 0.241 e. The molecule has 0 atom stereocenters. The Morgan fingerprint density at radius 1 is 1.35 bits per heavy atom. The minimum atomic E-state index is -3.50. The van der Waals surface area contributed by atoms with E-state index in [1.54, 1.807) is 12.1 Å². The summed E-state index contributed by atoms with van der Waals surface area (Å²) in [5.74, 6) is 0. The number of rotatable bonds is 4. The Kier molecular flexibility index (Phi) is 4.23. The fourth-order valence-corrected chi connectivity index (χ4v) is 2.99. The third kappa shape index (κ3) is 3.69. The highest BCUT2D eigenvalue weighted by molar-refractivity contribution is 7.89. The highest BCUT2D eigenvalue weighted by Crippen LogP contribution is 2.21. The fraction of sp³-hybridized carbons (Fsp3) is 0.500. The number of halogens is 1. The van der Waals surface area contributed by atoms with Crippen LogP contribution in [0.1, 0.15) is 32.8 Å². The van der Waals surface area contributed by atoms with Crippen molar-refractivity contribution in [2.24, 2.45) is 0 Å². The van der Waals surface area contributed by atoms with E-state index in [4.69, 9.17) is 11.6 Å². The van der Waals surface area contributed by atoms with Gasteiger partial charge in [-0.2, -0.15) is 0 Å². The molecule has 0 aromatic heterocycles. The molecule has 0 bridgehead atoms. The number of hydrogen-bond acceptors (Lipinski definition) is 2. The Morgan fingerprint density at radius 3 is 2.41 bits per heavy atom. The predicted molar refractivity (Wildman–Crippen MR) is 70.9 cm³/mol. The largest absolute Gasteiger partial charge is 0.241 e. The molecule has 3 nitrogen and oxygen atoms in total. The number of nitrogens with one attached hydrogen (secondary N) is 1. The van der Waals surface area contributed by atoms with Crippen molar-refractivity contribution in [2.45, 2.75) is 44.6 Å². The van der Waals surface area contributed by atoms with Crippen LogP contribution in [0.4, 0.5) is 0 Å². The van der Waals surface area contributed by atoms with Gasteiger partial charge in [0.15, 0.2) is 0 Å². The predicted octanol–water partition coefficient (Wildman–Crippen LogP) is 3.12. The number of benzene rings is 1. The summed E-state index contributed by atoms with van der Waals surface area (Å²) in [6.07, 6.45) is 0.714. The van der Waals surface area contributed by atoms with Crippen LogP contribution in [0.3, 0.4) is 0 Å². The first kappa shape index (κ1) is 14.5. The van der Waals surface area contributed by atoms with Gasteiger partial charge in [-0.15, -0.1) is 0 Å². The number of hydrogen-bond donors (Lipinski definition) is 1. The zero-order valence-electron chi connectivity index (χ0n) is 10.5. The van der Waals surface area contributed by atoms with Crippen molar-refractivity contribution in [3.63, 3.8) is 0 Å². The van der Waals surface area contributed by atoms with Gasteiger partial charge in [0.1, 0.15) is 0 Å². The van der Waals surface area contributed by atoms with Crippen LogP contribution in [-0.4, -0.2) is 14.0 Å². The van der Waals surface area contributed by atoms with Gasteiger partial charge in [-0.1, -0.05) is 24.6 Å². The molecule has 0 radical (unpaired) electrons. The lowest BCUT2D eigenvalue weighted by molar-refractivity contribution is 0.439. The van der Waals surface area contributed by atoms with Gasteiger partial charge < -0.3 is 0 Å². The summed E-state index contributed by atoms with van der Waals surface area (Å²) in [6.45, 7) is 7.47. The Bertz CT molecular complexity index is 509. The second-order valence-corrected chi connectivity index (χ2v) is 6.84. The van der Waals surface area contributed by atoms with Crippen molar-refractivity contribution in [1.82, 2.24) is 4.72 Å². The summed E-state index contributed by atoms with van der Waals surface area (Å²) in [4.78, 5) is 0.203. The molecule has 0 amide bonds. The van der Waals surface area contributed by atoms with Crippen molar-refractivity contribution in [1.29, 1.82) is 0 Å². The minimum absolute atomic E-state index is 0.203. The fourth-order valence-electron chi connectivity index (χ4n) is 1.24. The summed E-state index contributed by atoms with van der Waals surface area (Å²) >= 11 is 5.93. The van der Waals surface area contributed by atoms with Gasteiger partial charge in [-0.25, -0.2) is 13.1 Å². The molecular formula is C12H18ClNO2S. The van der Waals surface area contributed by atoms with Gasteiger partial charge in [0, 0.05) is 10.6 Å². The van der Waals surface area contributed by atoms with Crippen molar-refractivity contribution >= 4 is 21.6 Å². The molecule has 1 rings (SSSR count). The lowest BCUT2D eigenvalue weighted by Crippen LogP contribution is -2.42. The van der Waals surface area contributed by atoms with Gasteiger partial charge in [0.2, 0.25) is 10.0 Å². The lowest BCUT2D eigenvalue weighted by atomic mass is 10.0. The minimum Gasteiger partial charge on any atom is -0.207 e. The molecule has 0 saturated carbocycles. The molecule has 96 valence electrons. The monoisotopic (exact) mass is 275 g/mol. The SMILES string of the molecule is CCC(C)(C)NS(=O)(=O)c1ccc(C)c(Cl)c1. The van der Waals surface area contributed by atoms with Crippen molar-refractivity contribution in [2.75, 3.05) is 0 Å². The van der Waals surface area contributed by atoms with Crippen LogP contribution in [0, 0.1) is 6.92 Å². The smallest absolute Gasteiger partial charge is 0.207 e. The van der Waals surface area contributed by atoms with E-state index in [1.165, 1.54) is 6.07 Å². The molecule has 1 aromatic carbocycles. The Balaban J connectivity index is 3.10. The van der Waals surface area contributed by atoms with Gasteiger partial charge in [-0.05, 0) is 44.9 Å². The summed E-state index contributed by atoms with van der Waals surface area (Å²) in [5.41, 5.74) is 0.399. The molecule has 1 aromatic rings. The van der Waals surface area contributed by atoms with Crippen molar-refractivity contribution in [3.05, 3.63) is 28.8 Å². The molecule has 0 aliphatic rings. The van der Waals surface area contributed by atoms with Crippen LogP contribution in [0.5, 0.6) is 0 Å². The summed E-state index contributed by atoms with van der Waals surface area (Å²) in [7, 11) is -3.50. The quantitative estimate of drug-likeness (QED) is 0.918. The van der Waals surface area contributed by atoms with Crippen LogP contribution in [0.15, 0.2) is 23.1 Å².